The lowest BCUT2D eigenvalue weighted by Crippen LogP contribution is -2.66. The van der Waals surface area contributed by atoms with Gasteiger partial charge in [0.05, 0.1) is 11.2 Å². The fourth-order valence-corrected chi connectivity index (χ4v) is 4.15. The Labute approximate surface area is 162 Å². The first-order chi connectivity index (χ1) is 13.8. The van der Waals surface area contributed by atoms with E-state index >= 15 is 0 Å². The van der Waals surface area contributed by atoms with Gasteiger partial charge in [-0.2, -0.15) is 4.68 Å². The van der Waals surface area contributed by atoms with Gasteiger partial charge in [-0.25, -0.2) is 0 Å². The molecule has 8 nitrogen and oxygen atoms in total. The molecule has 2 fully saturated rings. The smallest absolute Gasteiger partial charge is 0.250 e. The molecule has 0 aliphatic carbocycles. The Morgan fingerprint density at radius 1 is 1.07 bits per heavy atom. The molecule has 0 bridgehead atoms. The predicted octanol–water partition coefficient (Wildman–Crippen LogP) is 1.28. The lowest BCUT2D eigenvalue weighted by molar-refractivity contribution is -0.146. The maximum Gasteiger partial charge on any atom is 0.250 e. The van der Waals surface area contributed by atoms with Crippen LogP contribution in [-0.4, -0.2) is 51.9 Å². The number of anilines is 1. The molecule has 1 N–H and O–H groups in total. The summed E-state index contributed by atoms with van der Waals surface area (Å²) in [5.41, 5.74) is 1.44. The van der Waals surface area contributed by atoms with Crippen molar-refractivity contribution in [2.45, 2.75) is 18.1 Å². The Kier molecular flexibility index (Phi) is 4.05. The van der Waals surface area contributed by atoms with Crippen molar-refractivity contribution in [3.05, 3.63) is 66.2 Å². The summed E-state index contributed by atoms with van der Waals surface area (Å²) < 4.78 is 7.73. The van der Waals surface area contributed by atoms with E-state index in [2.05, 4.69) is 25.7 Å². The van der Waals surface area contributed by atoms with E-state index in [-0.39, 0.29) is 18.6 Å². The third-order valence-corrected chi connectivity index (χ3v) is 5.52. The summed E-state index contributed by atoms with van der Waals surface area (Å²) in [4.78, 5) is 14.3. The molecule has 8 heteroatoms. The molecular formula is C20H20N6O2. The van der Waals surface area contributed by atoms with E-state index in [4.69, 9.17) is 4.74 Å². The molecular weight excluding hydrogens is 356 g/mol. The number of hydrogen-bond donors (Lipinski definition) is 1. The minimum atomic E-state index is -0.530. The van der Waals surface area contributed by atoms with Crippen LogP contribution in [0.25, 0.3) is 5.69 Å². The molecule has 1 aromatic heterocycles. The second-order valence-corrected chi connectivity index (χ2v) is 7.11. The fourth-order valence-electron chi connectivity index (χ4n) is 4.15. The van der Waals surface area contributed by atoms with E-state index in [9.17, 15) is 4.79 Å². The van der Waals surface area contributed by atoms with Crippen LogP contribution in [0.4, 0.5) is 5.95 Å². The Balaban J connectivity index is 1.47. The van der Waals surface area contributed by atoms with Crippen LogP contribution in [0.5, 0.6) is 0 Å². The van der Waals surface area contributed by atoms with Gasteiger partial charge >= 0.3 is 0 Å². The van der Waals surface area contributed by atoms with Crippen molar-refractivity contribution >= 4 is 11.9 Å². The van der Waals surface area contributed by atoms with Crippen molar-refractivity contribution in [3.8, 4) is 5.69 Å². The minimum Gasteiger partial charge on any atom is -0.364 e. The zero-order valence-corrected chi connectivity index (χ0v) is 15.2. The average molecular weight is 376 g/mol. The number of rotatable bonds is 3. The van der Waals surface area contributed by atoms with Crippen LogP contribution < -0.4 is 10.2 Å². The Morgan fingerprint density at radius 2 is 1.82 bits per heavy atom. The van der Waals surface area contributed by atoms with E-state index in [0.717, 1.165) is 11.3 Å². The lowest BCUT2D eigenvalue weighted by atomic mass is 9.77. The first-order valence-electron chi connectivity index (χ1n) is 9.33. The predicted molar refractivity (Wildman–Crippen MR) is 102 cm³/mol. The number of amides is 1. The molecule has 1 amide bonds. The summed E-state index contributed by atoms with van der Waals surface area (Å²) in [5.74, 6) is 0.594. The van der Waals surface area contributed by atoms with Crippen LogP contribution in [0, 0.1) is 0 Å². The number of morpholine rings is 1. The number of hydrogen-bond acceptors (Lipinski definition) is 6. The molecule has 28 heavy (non-hydrogen) atoms. The largest absolute Gasteiger partial charge is 0.364 e. The molecule has 2 aromatic carbocycles. The van der Waals surface area contributed by atoms with Gasteiger partial charge in [0, 0.05) is 13.1 Å². The maximum atomic E-state index is 12.2. The summed E-state index contributed by atoms with van der Waals surface area (Å²) in [6.45, 7) is 1.35. The first-order valence-corrected chi connectivity index (χ1v) is 9.33. The van der Waals surface area contributed by atoms with E-state index in [1.54, 1.807) is 4.68 Å². The number of carbonyl (C=O) groups excluding carboxylic acids is 1. The van der Waals surface area contributed by atoms with E-state index in [1.807, 2.05) is 60.7 Å². The summed E-state index contributed by atoms with van der Waals surface area (Å²) in [7, 11) is 0. The molecule has 142 valence electrons. The summed E-state index contributed by atoms with van der Waals surface area (Å²) in [6, 6.07) is 19.9. The van der Waals surface area contributed by atoms with Gasteiger partial charge in [0.15, 0.2) is 0 Å². The van der Waals surface area contributed by atoms with Crippen LogP contribution in [-0.2, 0) is 15.1 Å². The SMILES string of the molecule is O=C1CO[C@@H]2CN(c3nnnn3-c3ccccc3)CC[C@@]2(c2ccccc2)N1. The quantitative estimate of drug-likeness (QED) is 0.741. The van der Waals surface area contributed by atoms with Crippen LogP contribution in [0.3, 0.4) is 0 Å². The van der Waals surface area contributed by atoms with Crippen molar-refractivity contribution in [1.29, 1.82) is 0 Å². The molecule has 2 saturated heterocycles. The van der Waals surface area contributed by atoms with Crippen molar-refractivity contribution in [2.24, 2.45) is 0 Å². The van der Waals surface area contributed by atoms with Crippen molar-refractivity contribution in [2.75, 3.05) is 24.6 Å². The van der Waals surface area contributed by atoms with Gasteiger partial charge in [0.1, 0.15) is 12.7 Å². The fraction of sp³-hybridized carbons (Fsp3) is 0.300. The third-order valence-electron chi connectivity index (χ3n) is 5.52. The topological polar surface area (TPSA) is 85.2 Å². The van der Waals surface area contributed by atoms with Gasteiger partial charge in [-0.1, -0.05) is 53.6 Å². The molecule has 0 radical (unpaired) electrons. The number of para-hydroxylation sites is 1. The van der Waals surface area contributed by atoms with Crippen LogP contribution >= 0.6 is 0 Å². The molecule has 0 spiro atoms. The van der Waals surface area contributed by atoms with Crippen molar-refractivity contribution < 1.29 is 9.53 Å². The summed E-state index contributed by atoms with van der Waals surface area (Å²) >= 11 is 0. The second kappa shape index (κ2) is 6.72. The van der Waals surface area contributed by atoms with Gasteiger partial charge in [-0.15, -0.1) is 0 Å². The number of ether oxygens (including phenoxy) is 1. The van der Waals surface area contributed by atoms with Gasteiger partial charge in [0.2, 0.25) is 11.9 Å². The highest BCUT2D eigenvalue weighted by molar-refractivity contribution is 5.79. The van der Waals surface area contributed by atoms with Crippen molar-refractivity contribution in [1.82, 2.24) is 25.5 Å². The van der Waals surface area contributed by atoms with Gasteiger partial charge in [-0.3, -0.25) is 4.79 Å². The van der Waals surface area contributed by atoms with Crippen LogP contribution in [0.15, 0.2) is 60.7 Å². The zero-order valence-electron chi connectivity index (χ0n) is 15.2. The highest BCUT2D eigenvalue weighted by Crippen LogP contribution is 2.38. The molecule has 2 atom stereocenters. The lowest BCUT2D eigenvalue weighted by Gasteiger charge is -2.50. The number of nitrogens with zero attached hydrogens (tertiary/aromatic N) is 5. The number of fused-ring (bicyclic) bond motifs is 1. The number of tetrazole rings is 1. The van der Waals surface area contributed by atoms with Gasteiger partial charge < -0.3 is 15.0 Å². The van der Waals surface area contributed by atoms with Crippen LogP contribution in [0.2, 0.25) is 0 Å². The Hall–Kier alpha value is -3.26. The minimum absolute atomic E-state index is 0.0662. The molecule has 2 aliphatic heterocycles. The Morgan fingerprint density at radius 3 is 2.61 bits per heavy atom. The van der Waals surface area contributed by atoms with Gasteiger partial charge in [-0.05, 0) is 34.5 Å². The molecule has 3 heterocycles. The molecule has 3 aromatic rings. The number of carbonyl (C=O) groups is 1. The van der Waals surface area contributed by atoms with E-state index < -0.39 is 5.54 Å². The van der Waals surface area contributed by atoms with Gasteiger partial charge in [0.25, 0.3) is 0 Å². The Bertz CT molecular complexity index is 977. The maximum absolute atomic E-state index is 12.2. The third kappa shape index (κ3) is 2.73. The molecule has 2 aliphatic rings. The molecule has 0 unspecified atom stereocenters. The van der Waals surface area contributed by atoms with Crippen LogP contribution in [0.1, 0.15) is 12.0 Å². The zero-order chi connectivity index (χ0) is 19.0. The van der Waals surface area contributed by atoms with E-state index in [1.165, 1.54) is 0 Å². The first kappa shape index (κ1) is 16.9. The highest BCUT2D eigenvalue weighted by atomic mass is 16.5. The number of piperidine rings is 1. The number of aromatic nitrogens is 4. The monoisotopic (exact) mass is 376 g/mol. The summed E-state index contributed by atoms with van der Waals surface area (Å²) in [6.07, 6.45) is 0.511. The van der Waals surface area contributed by atoms with Crippen molar-refractivity contribution in [3.63, 3.8) is 0 Å². The second-order valence-electron chi connectivity index (χ2n) is 7.11. The average Bonchev–Trinajstić information content (AvgIpc) is 3.24. The summed E-state index contributed by atoms with van der Waals surface area (Å²) in [5, 5.41) is 15.5. The standard InChI is InChI=1S/C20H20N6O2/c27-18-14-28-17-13-25(12-11-20(17,21-18)15-7-3-1-4-8-15)19-22-23-24-26(19)16-9-5-2-6-10-16/h1-10,17H,11-14H2,(H,21,27)/t17-,20+/m1/s1. The molecule has 0 saturated carbocycles. The number of nitrogens with one attached hydrogen (secondary N) is 1. The normalized spacial score (nSPS) is 24.5. The van der Waals surface area contributed by atoms with E-state index in [0.29, 0.717) is 25.5 Å². The number of benzene rings is 2. The highest BCUT2D eigenvalue weighted by Gasteiger charge is 2.49. The molecule has 5 rings (SSSR count).